The molecule has 31 heteroatoms. The number of carbonyl (C=O) groups excluding carboxylic acids is 3. The lowest BCUT2D eigenvalue weighted by Gasteiger charge is -2.50. The van der Waals surface area contributed by atoms with Crippen molar-refractivity contribution in [3.8, 4) is 0 Å². The van der Waals surface area contributed by atoms with Crippen LogP contribution in [-0.2, 0) is 61.8 Å². The maximum Gasteiger partial charge on any atom is 0.220 e. The van der Waals surface area contributed by atoms with Crippen LogP contribution in [0.25, 0.3) is 0 Å². The summed E-state index contributed by atoms with van der Waals surface area (Å²) in [4.78, 5) is 38.6. The fourth-order valence-corrected chi connectivity index (χ4v) is 13.3. The molecule has 578 valence electrons. The highest BCUT2D eigenvalue weighted by Gasteiger charge is 2.57. The average Bonchev–Trinajstić information content (AvgIpc) is 0.785. The summed E-state index contributed by atoms with van der Waals surface area (Å²) >= 11 is 0. The third kappa shape index (κ3) is 27.2. The molecule has 0 aromatic heterocycles. The summed E-state index contributed by atoms with van der Waals surface area (Å²) in [7, 11) is 0. The van der Waals surface area contributed by atoms with Gasteiger partial charge in [0.15, 0.2) is 31.5 Å². The van der Waals surface area contributed by atoms with Crippen LogP contribution in [0.4, 0.5) is 0 Å². The van der Waals surface area contributed by atoms with E-state index in [1.807, 2.05) is 6.08 Å². The molecule has 0 saturated carbocycles. The molecule has 0 aromatic carbocycles. The smallest absolute Gasteiger partial charge is 0.220 e. The summed E-state index contributed by atoms with van der Waals surface area (Å²) < 4.78 is 59.1. The second-order valence-electron chi connectivity index (χ2n) is 27.1. The van der Waals surface area contributed by atoms with Crippen molar-refractivity contribution in [2.75, 3.05) is 39.6 Å². The Morgan fingerprint density at radius 1 is 0.394 bits per heavy atom. The quantitative estimate of drug-likeness (QED) is 0.0256. The number of aliphatic hydroxyl groups excluding tert-OH is 15. The molecule has 0 bridgehead atoms. The molecular weight excluding hydrogens is 1310 g/mol. The van der Waals surface area contributed by atoms with E-state index in [-0.39, 0.29) is 12.3 Å². The van der Waals surface area contributed by atoms with Gasteiger partial charge in [0.1, 0.15) is 122 Å². The van der Waals surface area contributed by atoms with Crippen molar-refractivity contribution in [1.29, 1.82) is 0 Å². The first kappa shape index (κ1) is 86.8. The summed E-state index contributed by atoms with van der Waals surface area (Å²) in [5.74, 6) is -1.93. The van der Waals surface area contributed by atoms with E-state index >= 15 is 0 Å². The molecule has 10 unspecified atom stereocenters. The first-order chi connectivity index (χ1) is 47.6. The van der Waals surface area contributed by atoms with E-state index in [0.717, 1.165) is 65.2 Å². The summed E-state index contributed by atoms with van der Waals surface area (Å²) in [5, 5.41) is 174. The van der Waals surface area contributed by atoms with Crippen LogP contribution in [-0.4, -0.2) is 300 Å². The maximum absolute atomic E-state index is 13.5. The second kappa shape index (κ2) is 46.9. The largest absolute Gasteiger partial charge is 0.394 e. The van der Waals surface area contributed by atoms with Gasteiger partial charge in [-0.15, -0.1) is 0 Å². The SMILES string of the molecule is CCCCCCCCCCCCC/C=C/[C@@H](O)[C@H](CO[C@@H]1OC(CO)[C@@H](O[C@@H]2OC(CO)[C@H](O)[C@H](O[C@@H]3OC(CO)[C@@H](O)[C@H](O[C@@H]4OC(CO)[C@H](O)[C@H](O[C@@H]5OC(CO)[C@@H](O)[C@H](O)C5NC(C)=O)C4O)C3NC(C)=O)C2O)[C@H](O)C1O)NC(=O)CCCCCCCCCCCCCCC. The molecule has 5 fully saturated rings. The number of amides is 3. The lowest BCUT2D eigenvalue weighted by molar-refractivity contribution is -0.384. The van der Waals surface area contributed by atoms with E-state index in [2.05, 4.69) is 29.8 Å². The standard InChI is InChI=1S/C68H123N3O28/c1-5-7-9-11-13-15-17-19-21-23-25-27-29-31-42(79)41(71-48(80)32-30-28-26-24-22-20-18-16-14-12-10-8-6-2)38-90-66-57(87)56(86)60(47(37-76)95-66)96-67-58(88)63(54(84)45(35-74)93-67)99-65-50(70-40(4)78)61(52(82)44(34-73)92-65)97-68-59(89)62(53(83)46(36-75)94-68)98-64-49(69-39(3)77)55(85)51(81)43(33-72)91-64/h29,31,41-47,49-68,72-76,79,81-89H,5-28,30,32-38H2,1-4H3,(H,69,77)(H,70,78)(H,71,80)/b31-29+/t41-,42+,43?,44?,45?,46?,47?,49?,50?,51+,52+,53-,54-,55+,56+,57?,58?,59?,60+,61+,62-,63-,64-,65-,66+,67-,68-/m0/s1. The van der Waals surface area contributed by atoms with E-state index in [1.165, 1.54) is 96.3 Å². The Balaban J connectivity index is 1.26. The Morgan fingerprint density at radius 2 is 0.758 bits per heavy atom. The van der Waals surface area contributed by atoms with Gasteiger partial charge in [0.05, 0.1) is 51.8 Å². The number of nitrogens with one attached hydrogen (secondary N) is 3. The highest BCUT2D eigenvalue weighted by Crippen LogP contribution is 2.37. The Labute approximate surface area is 582 Å². The monoisotopic (exact) mass is 1430 g/mol. The molecule has 5 aliphatic rings. The second-order valence-corrected chi connectivity index (χ2v) is 27.1. The zero-order valence-corrected chi connectivity index (χ0v) is 58.4. The number of carbonyl (C=O) groups is 3. The van der Waals surface area contributed by atoms with Gasteiger partial charge in [-0.25, -0.2) is 0 Å². The number of unbranched alkanes of at least 4 members (excludes halogenated alkanes) is 23. The van der Waals surface area contributed by atoms with Crippen molar-refractivity contribution < 1.29 is 138 Å². The zero-order valence-electron chi connectivity index (χ0n) is 58.4. The number of allylic oxidation sites excluding steroid dienone is 1. The van der Waals surface area contributed by atoms with Gasteiger partial charge in [0.25, 0.3) is 0 Å². The van der Waals surface area contributed by atoms with Crippen molar-refractivity contribution in [2.45, 2.75) is 360 Å². The molecule has 27 atom stereocenters. The van der Waals surface area contributed by atoms with Gasteiger partial charge in [-0.2, -0.15) is 0 Å². The van der Waals surface area contributed by atoms with E-state index < -0.39 is 217 Å². The molecule has 5 rings (SSSR count). The normalized spacial score (nSPS) is 35.8. The summed E-state index contributed by atoms with van der Waals surface area (Å²) in [6.45, 7) is 1.30. The summed E-state index contributed by atoms with van der Waals surface area (Å²) in [5.41, 5.74) is 0. The van der Waals surface area contributed by atoms with Crippen molar-refractivity contribution >= 4 is 17.7 Å². The van der Waals surface area contributed by atoms with Crippen LogP contribution in [0.5, 0.6) is 0 Å². The molecular formula is C68H123N3O28. The number of ether oxygens (including phenoxy) is 10. The zero-order chi connectivity index (χ0) is 72.6. The van der Waals surface area contributed by atoms with Gasteiger partial charge in [-0.1, -0.05) is 167 Å². The Hall–Kier alpha value is -2.85. The number of aliphatic hydroxyl groups is 15. The highest BCUT2D eigenvalue weighted by atomic mass is 16.8. The highest BCUT2D eigenvalue weighted by molar-refractivity contribution is 5.76. The van der Waals surface area contributed by atoms with Crippen molar-refractivity contribution in [1.82, 2.24) is 16.0 Å². The number of hydrogen-bond donors (Lipinski definition) is 18. The van der Waals surface area contributed by atoms with Gasteiger partial charge in [0.2, 0.25) is 17.7 Å². The molecule has 5 heterocycles. The molecule has 5 aliphatic heterocycles. The Kier molecular flexibility index (Phi) is 41.1. The Morgan fingerprint density at radius 3 is 1.20 bits per heavy atom. The predicted octanol–water partition coefficient (Wildman–Crippen LogP) is -1.03. The molecule has 99 heavy (non-hydrogen) atoms. The number of rotatable bonds is 47. The van der Waals surface area contributed by atoms with Crippen LogP contribution < -0.4 is 16.0 Å². The lowest BCUT2D eigenvalue weighted by Crippen LogP contribution is -2.70. The van der Waals surface area contributed by atoms with Gasteiger partial charge in [-0.3, -0.25) is 14.4 Å². The van der Waals surface area contributed by atoms with Crippen LogP contribution >= 0.6 is 0 Å². The fraction of sp³-hybridized carbons (Fsp3) is 0.926. The minimum atomic E-state index is -2.18. The predicted molar refractivity (Wildman–Crippen MR) is 352 cm³/mol. The minimum absolute atomic E-state index is 0.186. The molecule has 31 nitrogen and oxygen atoms in total. The van der Waals surface area contributed by atoms with E-state index in [4.69, 9.17) is 47.4 Å². The lowest BCUT2D eigenvalue weighted by atomic mass is 9.94. The van der Waals surface area contributed by atoms with Crippen LogP contribution in [0, 0.1) is 0 Å². The first-order valence-corrected chi connectivity index (χ1v) is 36.5. The summed E-state index contributed by atoms with van der Waals surface area (Å²) in [6, 6.07) is -4.43. The Bertz CT molecular complexity index is 2240. The first-order valence-electron chi connectivity index (χ1n) is 36.5. The van der Waals surface area contributed by atoms with Gasteiger partial charge < -0.3 is 140 Å². The molecule has 5 saturated heterocycles. The fourth-order valence-electron chi connectivity index (χ4n) is 13.3. The van der Waals surface area contributed by atoms with E-state index in [1.54, 1.807) is 6.08 Å². The van der Waals surface area contributed by atoms with Crippen molar-refractivity contribution in [3.05, 3.63) is 12.2 Å². The van der Waals surface area contributed by atoms with Gasteiger partial charge >= 0.3 is 0 Å². The van der Waals surface area contributed by atoms with Crippen LogP contribution in [0.15, 0.2) is 12.2 Å². The summed E-state index contributed by atoms with van der Waals surface area (Å²) in [6.07, 6.45) is -12.6. The minimum Gasteiger partial charge on any atom is -0.394 e. The molecule has 0 spiro atoms. The van der Waals surface area contributed by atoms with Crippen molar-refractivity contribution in [3.63, 3.8) is 0 Å². The molecule has 0 aliphatic carbocycles. The average molecular weight is 1430 g/mol. The van der Waals surface area contributed by atoms with Gasteiger partial charge in [0, 0.05) is 20.3 Å². The van der Waals surface area contributed by atoms with E-state index in [0.29, 0.717) is 12.8 Å². The van der Waals surface area contributed by atoms with Gasteiger partial charge in [-0.05, 0) is 19.3 Å². The molecule has 3 amide bonds. The van der Waals surface area contributed by atoms with Crippen LogP contribution in [0.1, 0.15) is 195 Å². The molecule has 0 aromatic rings. The van der Waals surface area contributed by atoms with Crippen LogP contribution in [0.2, 0.25) is 0 Å². The van der Waals surface area contributed by atoms with Crippen LogP contribution in [0.3, 0.4) is 0 Å². The number of hydrogen-bond acceptors (Lipinski definition) is 28. The third-order valence-corrected chi connectivity index (χ3v) is 19.1. The van der Waals surface area contributed by atoms with E-state index in [9.17, 15) is 91.0 Å². The molecule has 0 radical (unpaired) electrons. The third-order valence-electron chi connectivity index (χ3n) is 19.1. The maximum atomic E-state index is 13.5. The molecule has 18 N–H and O–H groups in total. The topological polar surface area (TPSA) is 483 Å². The van der Waals surface area contributed by atoms with Crippen molar-refractivity contribution in [2.24, 2.45) is 0 Å².